The highest BCUT2D eigenvalue weighted by Crippen LogP contribution is 2.43. The van der Waals surface area contributed by atoms with Crippen LogP contribution in [0.3, 0.4) is 0 Å². The first-order valence-electron chi connectivity index (χ1n) is 12.1. The number of methoxy groups -OCH3 is 1. The number of aromatic nitrogens is 1. The second kappa shape index (κ2) is 10.6. The smallest absolute Gasteiger partial charge is 0.330 e. The normalized spacial score (nSPS) is 20.0. The van der Waals surface area contributed by atoms with E-state index in [1.165, 1.54) is 7.11 Å². The molecule has 0 spiro atoms. The lowest BCUT2D eigenvalue weighted by molar-refractivity contribution is -0.157. The molecule has 3 aromatic carbocycles. The number of rotatable bonds is 7. The fourth-order valence-corrected chi connectivity index (χ4v) is 5.87. The topological polar surface area (TPSA) is 74.7 Å². The van der Waals surface area contributed by atoms with Crippen molar-refractivity contribution in [2.45, 2.75) is 31.0 Å². The van der Waals surface area contributed by atoms with Crippen molar-refractivity contribution in [2.24, 2.45) is 0 Å². The fraction of sp³-hybridized carbons (Fsp3) is 0.241. The van der Waals surface area contributed by atoms with Gasteiger partial charge in [-0.1, -0.05) is 71.7 Å². The first-order chi connectivity index (χ1) is 17.9. The number of halogens is 2. The van der Waals surface area contributed by atoms with Crippen LogP contribution in [0.15, 0.2) is 79.0 Å². The van der Waals surface area contributed by atoms with Gasteiger partial charge in [0.25, 0.3) is 0 Å². The molecular formula is C29H27Cl2N3O3. The molecule has 1 aromatic heterocycles. The minimum absolute atomic E-state index is 0.387. The van der Waals surface area contributed by atoms with E-state index in [2.05, 4.69) is 15.2 Å². The maximum atomic E-state index is 13.5. The largest absolute Gasteiger partial charge is 0.495 e. The highest BCUT2D eigenvalue weighted by molar-refractivity contribution is 6.37. The number of hydrogen-bond donors (Lipinski definition) is 2. The van der Waals surface area contributed by atoms with Crippen molar-refractivity contribution in [3.05, 3.63) is 100 Å². The van der Waals surface area contributed by atoms with Crippen LogP contribution >= 0.6 is 23.2 Å². The predicted molar refractivity (Wildman–Crippen MR) is 148 cm³/mol. The molecule has 0 amide bonds. The van der Waals surface area contributed by atoms with E-state index >= 15 is 0 Å². The molecule has 190 valence electrons. The molecule has 6 nitrogen and oxygen atoms in total. The molecule has 2 N–H and O–H groups in total. The molecule has 8 heteroatoms. The Bertz CT molecular complexity index is 1430. The van der Waals surface area contributed by atoms with Crippen LogP contribution in [-0.2, 0) is 16.9 Å². The van der Waals surface area contributed by atoms with Gasteiger partial charge in [-0.05, 0) is 42.2 Å². The number of anilines is 1. The van der Waals surface area contributed by atoms with Crippen molar-refractivity contribution in [3.8, 4) is 5.75 Å². The molecule has 1 aliphatic rings. The van der Waals surface area contributed by atoms with Crippen molar-refractivity contribution in [3.63, 3.8) is 0 Å². The third kappa shape index (κ3) is 4.73. The summed E-state index contributed by atoms with van der Waals surface area (Å²) < 4.78 is 5.40. The third-order valence-corrected chi connectivity index (χ3v) is 7.69. The monoisotopic (exact) mass is 535 g/mol. The molecule has 1 saturated heterocycles. The molecule has 2 unspecified atom stereocenters. The van der Waals surface area contributed by atoms with Crippen LogP contribution in [0.25, 0.3) is 10.9 Å². The molecule has 5 rings (SSSR count). The Morgan fingerprint density at radius 1 is 1.11 bits per heavy atom. The summed E-state index contributed by atoms with van der Waals surface area (Å²) in [5.74, 6) is -0.477. The van der Waals surface area contributed by atoms with Crippen molar-refractivity contribution in [1.29, 1.82) is 0 Å². The lowest BCUT2D eigenvalue weighted by atomic mass is 9.75. The van der Waals surface area contributed by atoms with E-state index in [0.29, 0.717) is 46.6 Å². The van der Waals surface area contributed by atoms with Crippen molar-refractivity contribution in [2.75, 3.05) is 19.0 Å². The van der Waals surface area contributed by atoms with Gasteiger partial charge in [-0.3, -0.25) is 9.88 Å². The van der Waals surface area contributed by atoms with Crippen LogP contribution in [0.5, 0.6) is 5.75 Å². The quantitative estimate of drug-likeness (QED) is 0.277. The van der Waals surface area contributed by atoms with E-state index in [4.69, 9.17) is 27.9 Å². The Kier molecular flexibility index (Phi) is 7.24. The Labute approximate surface area is 225 Å². The Morgan fingerprint density at radius 2 is 1.92 bits per heavy atom. The van der Waals surface area contributed by atoms with Crippen LogP contribution in [0.4, 0.5) is 5.69 Å². The standard InChI is InChI=1S/C29H27Cl2N3O3/c1-37-26-17-25(22(30)16-23(26)31)33-27-10-6-14-34(18-19-7-3-2-4-8-19)29(27,28(35)36)21-12-11-20-9-5-13-32-24(20)15-21/h2-5,7-9,11-13,15-17,27,33H,6,10,14,18H2,1H3,(H,35,36). The number of carboxylic acids is 1. The number of ether oxygens (including phenoxy) is 1. The van der Waals surface area contributed by atoms with Crippen LogP contribution in [0.2, 0.25) is 10.0 Å². The molecule has 0 aliphatic carbocycles. The molecular weight excluding hydrogens is 509 g/mol. The van der Waals surface area contributed by atoms with E-state index < -0.39 is 17.6 Å². The second-order valence-corrected chi connectivity index (χ2v) is 10.0. The first-order valence-corrected chi connectivity index (χ1v) is 12.9. The number of aliphatic carboxylic acids is 1. The number of benzene rings is 3. The summed E-state index contributed by atoms with van der Waals surface area (Å²) in [4.78, 5) is 20.1. The Morgan fingerprint density at radius 3 is 2.68 bits per heavy atom. The number of carboxylic acid groups (broad SMARTS) is 1. The van der Waals surface area contributed by atoms with E-state index in [1.54, 1.807) is 18.3 Å². The minimum Gasteiger partial charge on any atom is -0.495 e. The van der Waals surface area contributed by atoms with Gasteiger partial charge < -0.3 is 15.2 Å². The van der Waals surface area contributed by atoms with Crippen LogP contribution < -0.4 is 10.1 Å². The van der Waals surface area contributed by atoms with Crippen LogP contribution in [-0.4, -0.2) is 40.7 Å². The zero-order valence-corrected chi connectivity index (χ0v) is 21.8. The molecule has 0 saturated carbocycles. The van der Waals surface area contributed by atoms with Gasteiger partial charge in [0.15, 0.2) is 5.54 Å². The summed E-state index contributed by atoms with van der Waals surface area (Å²) in [6, 6.07) is 22.3. The number of pyridine rings is 1. The van der Waals surface area contributed by atoms with Gasteiger partial charge in [0.05, 0.1) is 34.4 Å². The van der Waals surface area contributed by atoms with Gasteiger partial charge >= 0.3 is 5.97 Å². The van der Waals surface area contributed by atoms with Gasteiger partial charge in [-0.2, -0.15) is 0 Å². The second-order valence-electron chi connectivity index (χ2n) is 9.20. The van der Waals surface area contributed by atoms with E-state index in [-0.39, 0.29) is 0 Å². The summed E-state index contributed by atoms with van der Waals surface area (Å²) in [5.41, 5.74) is 1.63. The van der Waals surface area contributed by atoms with Gasteiger partial charge in [0.2, 0.25) is 0 Å². The number of likely N-dealkylation sites (tertiary alicyclic amines) is 1. The van der Waals surface area contributed by atoms with E-state index in [9.17, 15) is 9.90 Å². The van der Waals surface area contributed by atoms with Crippen LogP contribution in [0.1, 0.15) is 24.0 Å². The highest BCUT2D eigenvalue weighted by Gasteiger charge is 2.54. The molecule has 2 atom stereocenters. The predicted octanol–water partition coefficient (Wildman–Crippen LogP) is 6.61. The van der Waals surface area contributed by atoms with Crippen molar-refractivity contribution in [1.82, 2.24) is 9.88 Å². The van der Waals surface area contributed by atoms with Crippen molar-refractivity contribution >= 4 is 45.8 Å². The summed E-state index contributed by atoms with van der Waals surface area (Å²) >= 11 is 12.8. The first kappa shape index (κ1) is 25.3. The van der Waals surface area contributed by atoms with Gasteiger partial charge in [-0.15, -0.1) is 0 Å². The molecule has 1 aliphatic heterocycles. The summed E-state index contributed by atoms with van der Waals surface area (Å²) in [5, 5.41) is 16.2. The minimum atomic E-state index is -1.39. The Balaban J connectivity index is 1.67. The number of hydrogen-bond acceptors (Lipinski definition) is 5. The van der Waals surface area contributed by atoms with Gasteiger partial charge in [0.1, 0.15) is 5.75 Å². The Hall–Kier alpha value is -3.32. The summed E-state index contributed by atoms with van der Waals surface area (Å²) in [7, 11) is 1.53. The number of carbonyl (C=O) groups is 1. The maximum Gasteiger partial charge on any atom is 0.330 e. The highest BCUT2D eigenvalue weighted by atomic mass is 35.5. The van der Waals surface area contributed by atoms with E-state index in [1.807, 2.05) is 60.7 Å². The molecule has 0 bridgehead atoms. The average Bonchev–Trinajstić information content (AvgIpc) is 2.90. The SMILES string of the molecule is COc1cc(NC2CCCN(Cc3ccccc3)C2(C(=O)O)c2ccc3cccnc3c2)c(Cl)cc1Cl. The number of nitrogens with zero attached hydrogens (tertiary/aromatic N) is 2. The zero-order valence-electron chi connectivity index (χ0n) is 20.3. The maximum absolute atomic E-state index is 13.5. The summed E-state index contributed by atoms with van der Waals surface area (Å²) in [6.45, 7) is 1.10. The molecule has 4 aromatic rings. The third-order valence-electron chi connectivity index (χ3n) is 7.08. The van der Waals surface area contributed by atoms with Crippen LogP contribution in [0, 0.1) is 0 Å². The van der Waals surface area contributed by atoms with E-state index in [0.717, 1.165) is 22.9 Å². The number of piperidine rings is 1. The molecule has 1 fully saturated rings. The summed E-state index contributed by atoms with van der Waals surface area (Å²) in [6.07, 6.45) is 3.16. The van der Waals surface area contributed by atoms with Crippen molar-refractivity contribution < 1.29 is 14.6 Å². The zero-order chi connectivity index (χ0) is 26.0. The average molecular weight is 536 g/mol. The lowest BCUT2D eigenvalue weighted by Gasteiger charge is -2.50. The molecule has 2 heterocycles. The number of fused-ring (bicyclic) bond motifs is 1. The van der Waals surface area contributed by atoms with Gasteiger partial charge in [0, 0.05) is 30.7 Å². The molecule has 37 heavy (non-hydrogen) atoms. The van der Waals surface area contributed by atoms with Gasteiger partial charge in [-0.25, -0.2) is 4.79 Å². The lowest BCUT2D eigenvalue weighted by Crippen LogP contribution is -2.64. The molecule has 0 radical (unpaired) electrons. The number of nitrogens with one attached hydrogen (secondary N) is 1. The fourth-order valence-electron chi connectivity index (χ4n) is 5.36.